The summed E-state index contributed by atoms with van der Waals surface area (Å²) in [6.45, 7) is 0. The number of furan rings is 1. The number of fused-ring (bicyclic) bond motifs is 26. The van der Waals surface area contributed by atoms with E-state index in [0.717, 1.165) is 122 Å². The van der Waals surface area contributed by atoms with E-state index >= 15 is 0 Å². The maximum Gasteiger partial charge on any atom is 0.221 e. The monoisotopic (exact) mass is 1370 g/mol. The van der Waals surface area contributed by atoms with Crippen LogP contribution in [0.25, 0.3) is 219 Å². The number of aromatic nitrogens is 8. The number of thiophene rings is 1. The van der Waals surface area contributed by atoms with Crippen molar-refractivity contribution >= 4 is 174 Å². The van der Waals surface area contributed by atoms with Crippen molar-refractivity contribution < 1.29 is 4.42 Å². The standard InChI is InChI=1S/C48H28N4O.C48H28N4S/c2*1-2-14-36-32(11-1)38(30-23-21-29(22-24-30)31-25-26-35-34-13-5-10-20-44(34)53-45(35)27-31)28-39-33-12-4-8-18-42(33)51(46(36)39)48-50-40-16-6-3-15-37(40)47-49-41-17-7-9-19-43(41)52(47)48/h2*1-28H. The first-order valence-electron chi connectivity index (χ1n) is 35.8. The fourth-order valence-corrected chi connectivity index (χ4v) is 18.1. The van der Waals surface area contributed by atoms with Crippen molar-refractivity contribution in [3.63, 3.8) is 0 Å². The summed E-state index contributed by atoms with van der Waals surface area (Å²) in [4.78, 5) is 21.1. The Kier molecular flexibility index (Phi) is 12.6. The molecule has 24 aromatic rings. The van der Waals surface area contributed by atoms with Gasteiger partial charge in [-0.2, -0.15) is 0 Å². The fraction of sp³-hybridized carbons (Fsp3) is 0. The summed E-state index contributed by atoms with van der Waals surface area (Å²) in [7, 11) is 0. The molecule has 24 rings (SSSR count). The van der Waals surface area contributed by atoms with Crippen LogP contribution in [0.4, 0.5) is 0 Å². The summed E-state index contributed by atoms with van der Waals surface area (Å²) >= 11 is 1.86. The lowest BCUT2D eigenvalue weighted by Gasteiger charge is -2.15. The largest absolute Gasteiger partial charge is 0.456 e. The van der Waals surface area contributed by atoms with E-state index in [1.165, 1.54) is 96.6 Å². The Bertz CT molecular complexity index is 7380. The van der Waals surface area contributed by atoms with Gasteiger partial charge in [0.15, 0.2) is 0 Å². The average Bonchev–Trinajstić information content (AvgIpc) is 1.75. The molecule has 0 spiro atoms. The number of imidazole rings is 2. The third-order valence-corrected chi connectivity index (χ3v) is 23.0. The van der Waals surface area contributed by atoms with Crippen LogP contribution in [-0.4, -0.2) is 37.9 Å². The van der Waals surface area contributed by atoms with E-state index in [1.807, 2.05) is 35.6 Å². The number of para-hydroxylation sites is 9. The molecule has 0 amide bonds. The maximum absolute atomic E-state index is 6.22. The van der Waals surface area contributed by atoms with E-state index < -0.39 is 0 Å². The Morgan fingerprint density at radius 3 is 1.12 bits per heavy atom. The van der Waals surface area contributed by atoms with Crippen molar-refractivity contribution in [2.45, 2.75) is 0 Å². The third kappa shape index (κ3) is 8.70. The van der Waals surface area contributed by atoms with Crippen molar-refractivity contribution in [1.29, 1.82) is 0 Å². The molecule has 0 aliphatic heterocycles. The summed E-state index contributed by atoms with van der Waals surface area (Å²) < 4.78 is 18.0. The van der Waals surface area contributed by atoms with E-state index in [2.05, 4.69) is 333 Å². The van der Waals surface area contributed by atoms with Gasteiger partial charge in [0.2, 0.25) is 11.9 Å². The molecule has 106 heavy (non-hydrogen) atoms. The SMILES string of the molecule is c1ccc2c(c1)nc(-n1c3ccccc3c3cc(-c4ccc(-c5ccc6c(c5)oc5ccccc56)cc4)c4ccccc4c31)n1c3ccccc3nc21.c1ccc2c(c1)nc(-n1c3ccccc3c3cc(-c4ccc(-c5ccc6c(c5)sc5ccccc56)cc4)c4ccccc4c31)n1c3ccccc3nc21. The van der Waals surface area contributed by atoms with Crippen LogP contribution < -0.4 is 0 Å². The minimum Gasteiger partial charge on any atom is -0.456 e. The second kappa shape index (κ2) is 22.7. The van der Waals surface area contributed by atoms with Crippen LogP contribution in [0, 0.1) is 0 Å². The van der Waals surface area contributed by atoms with Crippen molar-refractivity contribution in [2.24, 2.45) is 0 Å². The van der Waals surface area contributed by atoms with Crippen molar-refractivity contribution in [1.82, 2.24) is 37.9 Å². The van der Waals surface area contributed by atoms with Gasteiger partial charge in [0.25, 0.3) is 0 Å². The normalized spacial score (nSPS) is 12.2. The van der Waals surface area contributed by atoms with Crippen LogP contribution in [0.2, 0.25) is 0 Å². The van der Waals surface area contributed by atoms with Crippen molar-refractivity contribution in [3.8, 4) is 56.4 Å². The van der Waals surface area contributed by atoms with Gasteiger partial charge in [0.05, 0.1) is 55.2 Å². The zero-order valence-corrected chi connectivity index (χ0v) is 57.5. The third-order valence-electron chi connectivity index (χ3n) is 21.8. The first-order chi connectivity index (χ1) is 52.6. The summed E-state index contributed by atoms with van der Waals surface area (Å²) in [6.07, 6.45) is 0. The molecular formula is C96H56N8OS. The highest BCUT2D eigenvalue weighted by molar-refractivity contribution is 7.25. The average molecular weight is 1370 g/mol. The molecule has 0 unspecified atom stereocenters. The van der Waals surface area contributed by atoms with Gasteiger partial charge < -0.3 is 4.42 Å². The number of hydrogen-bond donors (Lipinski definition) is 0. The number of hydrogen-bond acceptors (Lipinski definition) is 6. The van der Waals surface area contributed by atoms with Gasteiger partial charge in [0, 0.05) is 74.0 Å². The van der Waals surface area contributed by atoms with E-state index in [-0.39, 0.29) is 0 Å². The first-order valence-corrected chi connectivity index (χ1v) is 36.7. The Morgan fingerprint density at radius 1 is 0.226 bits per heavy atom. The predicted molar refractivity (Wildman–Crippen MR) is 442 cm³/mol. The Morgan fingerprint density at radius 2 is 0.594 bits per heavy atom. The minimum absolute atomic E-state index is 0.822. The lowest BCUT2D eigenvalue weighted by Crippen LogP contribution is -2.06. The zero-order valence-electron chi connectivity index (χ0n) is 56.7. The molecule has 16 aromatic carbocycles. The van der Waals surface area contributed by atoms with Gasteiger partial charge in [-0.1, -0.05) is 237 Å². The Labute approximate surface area is 608 Å². The maximum atomic E-state index is 6.22. The highest BCUT2D eigenvalue weighted by Crippen LogP contribution is 2.46. The van der Waals surface area contributed by atoms with Gasteiger partial charge in [-0.15, -0.1) is 11.3 Å². The molecule has 9 nitrogen and oxygen atoms in total. The topological polar surface area (TPSA) is 83.4 Å². The zero-order chi connectivity index (χ0) is 69.2. The summed E-state index contributed by atoms with van der Waals surface area (Å²) in [5.74, 6) is 1.65. The molecule has 0 radical (unpaired) electrons. The molecule has 0 saturated heterocycles. The van der Waals surface area contributed by atoms with Crippen LogP contribution in [0.15, 0.2) is 344 Å². The molecule has 0 aliphatic carbocycles. The second-order valence-corrected chi connectivity index (χ2v) is 28.7. The quantitative estimate of drug-likeness (QED) is 0.166. The first kappa shape index (κ1) is 58.6. The van der Waals surface area contributed by atoms with Crippen molar-refractivity contribution in [3.05, 3.63) is 340 Å². The van der Waals surface area contributed by atoms with E-state index in [0.29, 0.717) is 0 Å². The van der Waals surface area contributed by atoms with Gasteiger partial charge in [-0.3, -0.25) is 17.9 Å². The number of rotatable bonds is 6. The summed E-state index contributed by atoms with van der Waals surface area (Å²) in [5, 5.41) is 16.5. The van der Waals surface area contributed by atoms with Crippen molar-refractivity contribution in [2.75, 3.05) is 0 Å². The summed E-state index contributed by atoms with van der Waals surface area (Å²) in [6, 6.07) is 121. The molecule has 8 aromatic heterocycles. The number of nitrogens with zero attached hydrogens (tertiary/aromatic N) is 8. The predicted octanol–water partition coefficient (Wildman–Crippen LogP) is 25.5. The molecule has 0 fully saturated rings. The molecular weight excluding hydrogens is 1310 g/mol. The smallest absolute Gasteiger partial charge is 0.221 e. The molecule has 8 heterocycles. The van der Waals surface area contributed by atoms with E-state index in [9.17, 15) is 0 Å². The molecule has 0 aliphatic rings. The molecule has 0 bridgehead atoms. The summed E-state index contributed by atoms with van der Waals surface area (Å²) in [5.41, 5.74) is 23.4. The highest BCUT2D eigenvalue weighted by Gasteiger charge is 2.26. The fourth-order valence-electron chi connectivity index (χ4n) is 17.0. The van der Waals surface area contributed by atoms with Crippen LogP contribution >= 0.6 is 11.3 Å². The number of benzene rings is 16. The molecule has 0 N–H and O–H groups in total. The van der Waals surface area contributed by atoms with Crippen LogP contribution in [-0.2, 0) is 0 Å². The second-order valence-electron chi connectivity index (χ2n) is 27.6. The van der Waals surface area contributed by atoms with Gasteiger partial charge >= 0.3 is 0 Å². The van der Waals surface area contributed by atoms with Crippen LogP contribution in [0.3, 0.4) is 0 Å². The lowest BCUT2D eigenvalue weighted by molar-refractivity contribution is 0.669. The minimum atomic E-state index is 0.822. The molecule has 492 valence electrons. The van der Waals surface area contributed by atoms with Crippen LogP contribution in [0.5, 0.6) is 0 Å². The Hall–Kier alpha value is -14.1. The van der Waals surface area contributed by atoms with Gasteiger partial charge in [-0.05, 0) is 158 Å². The molecule has 10 heteroatoms. The van der Waals surface area contributed by atoms with Crippen LogP contribution in [0.1, 0.15) is 0 Å². The van der Waals surface area contributed by atoms with E-state index in [4.69, 9.17) is 24.4 Å². The molecule has 0 atom stereocenters. The van der Waals surface area contributed by atoms with E-state index in [1.54, 1.807) is 0 Å². The highest BCUT2D eigenvalue weighted by atomic mass is 32.1. The van der Waals surface area contributed by atoms with Gasteiger partial charge in [-0.25, -0.2) is 19.9 Å². The Balaban J connectivity index is 0.000000129. The lowest BCUT2D eigenvalue weighted by atomic mass is 9.94. The van der Waals surface area contributed by atoms with Gasteiger partial charge in [0.1, 0.15) is 22.5 Å². The molecule has 0 saturated carbocycles.